The van der Waals surface area contributed by atoms with Crippen LogP contribution in [0.3, 0.4) is 0 Å². The van der Waals surface area contributed by atoms with E-state index in [1.165, 1.54) is 4.90 Å². The molecule has 2 bridgehead atoms. The first-order valence-corrected chi connectivity index (χ1v) is 7.36. The molecular formula is C16H15ClN2O2. The van der Waals surface area contributed by atoms with Crippen LogP contribution in [-0.4, -0.2) is 18.4 Å². The molecule has 0 spiro atoms. The van der Waals surface area contributed by atoms with Gasteiger partial charge in [-0.15, -0.1) is 0 Å². The number of piperidine rings is 1. The zero-order valence-electron chi connectivity index (χ0n) is 11.4. The average Bonchev–Trinajstić information content (AvgIpc) is 2.92. The molecule has 1 saturated carbocycles. The van der Waals surface area contributed by atoms with Crippen molar-refractivity contribution in [3.63, 3.8) is 0 Å². The third-order valence-electron chi connectivity index (χ3n) is 4.10. The summed E-state index contributed by atoms with van der Waals surface area (Å²) in [6.45, 7) is 0.207. The summed E-state index contributed by atoms with van der Waals surface area (Å²) in [6.07, 6.45) is 2.28. The quantitative estimate of drug-likeness (QED) is 0.637. The van der Waals surface area contributed by atoms with E-state index in [9.17, 15) is 9.59 Å². The van der Waals surface area contributed by atoms with Gasteiger partial charge in [0.15, 0.2) is 0 Å². The molecule has 4 nitrogen and oxygen atoms in total. The highest BCUT2D eigenvalue weighted by Crippen LogP contribution is 2.40. The molecule has 2 fully saturated rings. The summed E-state index contributed by atoms with van der Waals surface area (Å²) in [5.41, 5.74) is 6.48. The van der Waals surface area contributed by atoms with Gasteiger partial charge in [0.1, 0.15) is 0 Å². The third kappa shape index (κ3) is 2.44. The van der Waals surface area contributed by atoms with Gasteiger partial charge in [-0.2, -0.15) is 0 Å². The fourth-order valence-corrected chi connectivity index (χ4v) is 3.26. The van der Waals surface area contributed by atoms with E-state index in [1.807, 2.05) is 0 Å². The van der Waals surface area contributed by atoms with Crippen LogP contribution >= 0.6 is 11.6 Å². The van der Waals surface area contributed by atoms with E-state index >= 15 is 0 Å². The second-order valence-electron chi connectivity index (χ2n) is 5.39. The summed E-state index contributed by atoms with van der Waals surface area (Å²) in [5, 5.41) is 0.514. The van der Waals surface area contributed by atoms with E-state index in [1.54, 1.807) is 18.2 Å². The molecule has 5 heteroatoms. The Morgan fingerprint density at radius 2 is 1.90 bits per heavy atom. The molecule has 1 aromatic carbocycles. The molecular weight excluding hydrogens is 288 g/mol. The number of nitrogens with two attached hydrogens (primary N) is 1. The first-order chi connectivity index (χ1) is 10.1. The number of carbonyl (C=O) groups excluding carboxylic acids is 2. The molecule has 0 aromatic heterocycles. The van der Waals surface area contributed by atoms with Crippen LogP contribution in [0.5, 0.6) is 0 Å². The number of benzene rings is 1. The summed E-state index contributed by atoms with van der Waals surface area (Å²) < 4.78 is 0. The first kappa shape index (κ1) is 14.1. The van der Waals surface area contributed by atoms with Crippen molar-refractivity contribution < 1.29 is 9.59 Å². The van der Waals surface area contributed by atoms with Gasteiger partial charge >= 0.3 is 0 Å². The SMILES string of the molecule is NCC#Cc1cc(Cl)ccc1N1C(=O)C2CCC(C2)C1=O. The topological polar surface area (TPSA) is 63.4 Å². The number of amides is 2. The van der Waals surface area contributed by atoms with E-state index < -0.39 is 0 Å². The van der Waals surface area contributed by atoms with Crippen molar-refractivity contribution in [1.82, 2.24) is 0 Å². The van der Waals surface area contributed by atoms with Gasteiger partial charge in [0.2, 0.25) is 11.8 Å². The molecule has 2 aliphatic rings. The normalized spacial score (nSPS) is 24.0. The second-order valence-corrected chi connectivity index (χ2v) is 5.82. The minimum absolute atomic E-state index is 0.0429. The van der Waals surface area contributed by atoms with Crippen molar-refractivity contribution in [3.05, 3.63) is 28.8 Å². The Kier molecular flexibility index (Phi) is 3.71. The maximum atomic E-state index is 12.5. The summed E-state index contributed by atoms with van der Waals surface area (Å²) >= 11 is 5.99. The molecule has 1 saturated heterocycles. The number of hydrogen-bond acceptors (Lipinski definition) is 3. The van der Waals surface area contributed by atoms with Crippen LogP contribution < -0.4 is 10.6 Å². The predicted molar refractivity (Wildman–Crippen MR) is 80.7 cm³/mol. The van der Waals surface area contributed by atoms with Crippen LogP contribution in [0.1, 0.15) is 24.8 Å². The molecule has 0 radical (unpaired) electrons. The van der Waals surface area contributed by atoms with Crippen LogP contribution in [0.2, 0.25) is 5.02 Å². The second kappa shape index (κ2) is 5.51. The number of fused-ring (bicyclic) bond motifs is 2. The highest BCUT2D eigenvalue weighted by molar-refractivity contribution is 6.31. The maximum Gasteiger partial charge on any atom is 0.236 e. The highest BCUT2D eigenvalue weighted by atomic mass is 35.5. The van der Waals surface area contributed by atoms with E-state index in [0.29, 0.717) is 22.7 Å². The van der Waals surface area contributed by atoms with Crippen LogP contribution in [0.15, 0.2) is 18.2 Å². The first-order valence-electron chi connectivity index (χ1n) is 6.98. The molecule has 1 aliphatic heterocycles. The molecule has 2 N–H and O–H groups in total. The van der Waals surface area contributed by atoms with Crippen molar-refractivity contribution in [2.24, 2.45) is 17.6 Å². The minimum atomic E-state index is -0.119. The Balaban J connectivity index is 2.07. The van der Waals surface area contributed by atoms with Gasteiger partial charge < -0.3 is 5.73 Å². The summed E-state index contributed by atoms with van der Waals surface area (Å²) in [5.74, 6) is 5.32. The Morgan fingerprint density at radius 3 is 2.52 bits per heavy atom. The molecule has 1 aromatic rings. The number of anilines is 1. The van der Waals surface area contributed by atoms with Crippen LogP contribution in [0.4, 0.5) is 5.69 Å². The van der Waals surface area contributed by atoms with E-state index in [4.69, 9.17) is 17.3 Å². The van der Waals surface area contributed by atoms with Crippen LogP contribution in [0.25, 0.3) is 0 Å². The smallest absolute Gasteiger partial charge is 0.236 e. The Bertz CT molecular complexity index is 653. The lowest BCUT2D eigenvalue weighted by atomic mass is 9.95. The molecule has 2 atom stereocenters. The lowest BCUT2D eigenvalue weighted by Crippen LogP contribution is -2.46. The standard InChI is InChI=1S/C16H15ClN2O2/c17-13-5-6-14(10(9-13)2-1-7-18)19-15(20)11-3-4-12(8-11)16(19)21/h5-6,9,11-12H,3-4,7-8,18H2. The zero-order valence-corrected chi connectivity index (χ0v) is 12.2. The monoisotopic (exact) mass is 302 g/mol. The molecule has 108 valence electrons. The Morgan fingerprint density at radius 1 is 1.24 bits per heavy atom. The van der Waals surface area contributed by atoms with Crippen molar-refractivity contribution in [1.29, 1.82) is 0 Å². The fourth-order valence-electron chi connectivity index (χ4n) is 3.09. The number of imide groups is 1. The largest absolute Gasteiger partial charge is 0.320 e. The van der Waals surface area contributed by atoms with Crippen LogP contribution in [-0.2, 0) is 9.59 Å². The summed E-state index contributed by atoms with van der Waals surface area (Å²) in [7, 11) is 0. The zero-order chi connectivity index (χ0) is 15.0. The third-order valence-corrected chi connectivity index (χ3v) is 4.33. The fraction of sp³-hybridized carbons (Fsp3) is 0.375. The van der Waals surface area contributed by atoms with Gasteiger partial charge in [-0.05, 0) is 37.5 Å². The number of nitrogens with zero attached hydrogens (tertiary/aromatic N) is 1. The highest BCUT2D eigenvalue weighted by Gasteiger charge is 2.46. The molecule has 2 unspecified atom stereocenters. The van der Waals surface area contributed by atoms with Crippen molar-refractivity contribution >= 4 is 29.1 Å². The summed E-state index contributed by atoms with van der Waals surface area (Å²) in [6, 6.07) is 5.02. The number of carbonyl (C=O) groups is 2. The molecule has 3 rings (SSSR count). The lowest BCUT2D eigenvalue weighted by Gasteiger charge is -2.30. The number of rotatable bonds is 1. The molecule has 1 aliphatic carbocycles. The van der Waals surface area contributed by atoms with Crippen molar-refractivity contribution in [2.45, 2.75) is 19.3 Å². The lowest BCUT2D eigenvalue weighted by molar-refractivity contribution is -0.133. The average molecular weight is 303 g/mol. The van der Waals surface area contributed by atoms with Gasteiger partial charge in [-0.3, -0.25) is 9.59 Å². The Hall–Kier alpha value is -1.83. The molecule has 1 heterocycles. The van der Waals surface area contributed by atoms with E-state index in [0.717, 1.165) is 12.8 Å². The minimum Gasteiger partial charge on any atom is -0.320 e. The van der Waals surface area contributed by atoms with Gasteiger partial charge in [-0.1, -0.05) is 23.4 Å². The van der Waals surface area contributed by atoms with E-state index in [2.05, 4.69) is 11.8 Å². The van der Waals surface area contributed by atoms with Gasteiger partial charge in [-0.25, -0.2) is 4.90 Å². The van der Waals surface area contributed by atoms with E-state index in [-0.39, 0.29) is 30.2 Å². The maximum absolute atomic E-state index is 12.5. The predicted octanol–water partition coefficient (Wildman–Crippen LogP) is 1.94. The van der Waals surface area contributed by atoms with Gasteiger partial charge in [0.25, 0.3) is 0 Å². The Labute approximate surface area is 128 Å². The molecule has 2 amide bonds. The van der Waals surface area contributed by atoms with Gasteiger partial charge in [0.05, 0.1) is 17.8 Å². The number of hydrogen-bond donors (Lipinski definition) is 1. The van der Waals surface area contributed by atoms with Crippen LogP contribution in [0, 0.1) is 23.7 Å². The number of halogens is 1. The van der Waals surface area contributed by atoms with Crippen molar-refractivity contribution in [2.75, 3.05) is 11.4 Å². The van der Waals surface area contributed by atoms with Crippen molar-refractivity contribution in [3.8, 4) is 11.8 Å². The summed E-state index contributed by atoms with van der Waals surface area (Å²) in [4.78, 5) is 26.3. The van der Waals surface area contributed by atoms with Gasteiger partial charge in [0, 0.05) is 16.9 Å². The molecule has 21 heavy (non-hydrogen) atoms.